The zero-order valence-corrected chi connectivity index (χ0v) is 21.8. The predicted molar refractivity (Wildman–Crippen MR) is 139 cm³/mol. The Morgan fingerprint density at radius 3 is 2.50 bits per heavy atom. The van der Waals surface area contributed by atoms with Gasteiger partial charge in [-0.05, 0) is 67.5 Å². The van der Waals surface area contributed by atoms with Crippen LogP contribution in [0.1, 0.15) is 63.5 Å². The number of ether oxygens (including phenoxy) is 2. The lowest BCUT2D eigenvalue weighted by Crippen LogP contribution is -2.36. The molecule has 4 rings (SSSR count). The van der Waals surface area contributed by atoms with Gasteiger partial charge in [-0.3, -0.25) is 4.79 Å². The number of hydrogen-bond acceptors (Lipinski definition) is 6. The number of allylic oxidation sites excluding steroid dienone is 3. The molecule has 0 fully saturated rings. The normalized spacial score (nSPS) is 19.8. The van der Waals surface area contributed by atoms with Crippen molar-refractivity contribution in [2.75, 3.05) is 13.2 Å². The summed E-state index contributed by atoms with van der Waals surface area (Å²) in [5.74, 6) is -0.613. The monoisotopic (exact) mass is 509 g/mol. The number of hydrogen-bond donors (Lipinski definition) is 2. The SMILES string of the molecule is CCOc1cc([C@H]2C(C(=O)OCC(C)C)=C(C)NC3=C2C(=O)C[C@H](c2ccc(Cl)cc2)C3)ccc1O. The summed E-state index contributed by atoms with van der Waals surface area (Å²) in [6.07, 6.45) is 0.948. The van der Waals surface area contributed by atoms with Crippen molar-refractivity contribution < 1.29 is 24.2 Å². The van der Waals surface area contributed by atoms with Gasteiger partial charge in [0.2, 0.25) is 0 Å². The molecule has 6 nitrogen and oxygen atoms in total. The van der Waals surface area contributed by atoms with Gasteiger partial charge >= 0.3 is 5.97 Å². The Labute approximate surface area is 216 Å². The first-order valence-electron chi connectivity index (χ1n) is 12.3. The average molecular weight is 510 g/mol. The van der Waals surface area contributed by atoms with Gasteiger partial charge in [-0.1, -0.05) is 43.6 Å². The third kappa shape index (κ3) is 5.29. The summed E-state index contributed by atoms with van der Waals surface area (Å²) in [5, 5.41) is 14.3. The number of rotatable bonds is 7. The van der Waals surface area contributed by atoms with Crippen LogP contribution in [0, 0.1) is 5.92 Å². The van der Waals surface area contributed by atoms with Crippen LogP contribution in [0.5, 0.6) is 11.5 Å². The van der Waals surface area contributed by atoms with Gasteiger partial charge in [0.05, 0.1) is 18.8 Å². The molecule has 1 heterocycles. The molecule has 0 bridgehead atoms. The number of aromatic hydroxyl groups is 1. The molecule has 7 heteroatoms. The standard InChI is InChI=1S/C29H32ClNO5/c1-5-35-25-14-19(8-11-23(25)32)27-26(29(34)36-15-16(2)3)17(4)31-22-12-20(13-24(33)28(22)27)18-6-9-21(30)10-7-18/h6-11,14,16,20,27,31-32H,5,12-13,15H2,1-4H3/t20-,27+/m1/s1. The summed E-state index contributed by atoms with van der Waals surface area (Å²) in [6.45, 7) is 8.27. The first kappa shape index (κ1) is 25.8. The number of Topliss-reactive ketones (excluding diaryl/α,β-unsaturated/α-hetero) is 1. The number of phenolic OH excluding ortho intramolecular Hbond substituents is 1. The summed E-state index contributed by atoms with van der Waals surface area (Å²) >= 11 is 6.07. The van der Waals surface area contributed by atoms with Crippen LogP contribution in [-0.2, 0) is 14.3 Å². The van der Waals surface area contributed by atoms with Crippen LogP contribution in [-0.4, -0.2) is 30.1 Å². The lowest BCUT2D eigenvalue weighted by molar-refractivity contribution is -0.140. The molecule has 1 aliphatic heterocycles. The second kappa shape index (κ2) is 10.8. The van der Waals surface area contributed by atoms with Crippen LogP contribution in [0.3, 0.4) is 0 Å². The van der Waals surface area contributed by atoms with Crippen molar-refractivity contribution in [3.63, 3.8) is 0 Å². The largest absolute Gasteiger partial charge is 0.504 e. The summed E-state index contributed by atoms with van der Waals surface area (Å²) in [6, 6.07) is 12.6. The molecule has 0 saturated heterocycles. The minimum absolute atomic E-state index is 0.00251. The van der Waals surface area contributed by atoms with E-state index < -0.39 is 11.9 Å². The van der Waals surface area contributed by atoms with E-state index in [0.717, 1.165) is 11.3 Å². The van der Waals surface area contributed by atoms with Crippen LogP contribution in [0.4, 0.5) is 0 Å². The van der Waals surface area contributed by atoms with E-state index in [1.165, 1.54) is 0 Å². The molecule has 0 unspecified atom stereocenters. The van der Waals surface area contributed by atoms with Gasteiger partial charge in [-0.2, -0.15) is 0 Å². The molecule has 2 N–H and O–H groups in total. The summed E-state index contributed by atoms with van der Waals surface area (Å²) in [4.78, 5) is 27.0. The molecule has 2 aromatic carbocycles. The van der Waals surface area contributed by atoms with Crippen molar-refractivity contribution in [2.24, 2.45) is 5.92 Å². The van der Waals surface area contributed by atoms with Gasteiger partial charge in [-0.25, -0.2) is 4.79 Å². The molecule has 0 radical (unpaired) electrons. The lowest BCUT2D eigenvalue weighted by Gasteiger charge is -2.37. The highest BCUT2D eigenvalue weighted by Gasteiger charge is 2.41. The minimum Gasteiger partial charge on any atom is -0.504 e. The first-order valence-corrected chi connectivity index (χ1v) is 12.7. The van der Waals surface area contributed by atoms with E-state index in [2.05, 4.69) is 5.32 Å². The quantitative estimate of drug-likeness (QED) is 0.445. The zero-order valence-electron chi connectivity index (χ0n) is 21.1. The zero-order chi connectivity index (χ0) is 26.0. The van der Waals surface area contributed by atoms with Gasteiger partial charge in [-0.15, -0.1) is 0 Å². The highest BCUT2D eigenvalue weighted by molar-refractivity contribution is 6.30. The van der Waals surface area contributed by atoms with Gasteiger partial charge in [0.25, 0.3) is 0 Å². The van der Waals surface area contributed by atoms with E-state index in [0.29, 0.717) is 52.6 Å². The van der Waals surface area contributed by atoms with E-state index >= 15 is 0 Å². The fourth-order valence-electron chi connectivity index (χ4n) is 4.92. The molecular formula is C29H32ClNO5. The number of dihydropyridines is 1. The molecule has 1 aliphatic carbocycles. The Morgan fingerprint density at radius 2 is 1.83 bits per heavy atom. The maximum Gasteiger partial charge on any atom is 0.336 e. The van der Waals surface area contributed by atoms with E-state index in [1.54, 1.807) is 18.2 Å². The maximum absolute atomic E-state index is 13.7. The third-order valence-corrected chi connectivity index (χ3v) is 6.81. The Bertz CT molecular complexity index is 1230. The number of carbonyl (C=O) groups is 2. The molecule has 190 valence electrons. The van der Waals surface area contributed by atoms with Crippen molar-refractivity contribution >= 4 is 23.4 Å². The number of carbonyl (C=O) groups excluding carboxylic acids is 2. The topological polar surface area (TPSA) is 84.9 Å². The smallest absolute Gasteiger partial charge is 0.336 e. The van der Waals surface area contributed by atoms with Crippen molar-refractivity contribution in [1.29, 1.82) is 0 Å². The van der Waals surface area contributed by atoms with Crippen molar-refractivity contribution in [1.82, 2.24) is 5.32 Å². The number of phenols is 1. The van der Waals surface area contributed by atoms with Crippen LogP contribution in [0.25, 0.3) is 0 Å². The number of benzene rings is 2. The van der Waals surface area contributed by atoms with Crippen molar-refractivity contribution in [3.8, 4) is 11.5 Å². The van der Waals surface area contributed by atoms with E-state index in [4.69, 9.17) is 21.1 Å². The van der Waals surface area contributed by atoms with Crippen molar-refractivity contribution in [3.05, 3.63) is 81.2 Å². The molecule has 2 aliphatic rings. The minimum atomic E-state index is -0.626. The molecule has 0 amide bonds. The number of halogens is 1. The Kier molecular flexibility index (Phi) is 7.74. The van der Waals surface area contributed by atoms with Gasteiger partial charge in [0.15, 0.2) is 17.3 Å². The van der Waals surface area contributed by atoms with Gasteiger partial charge < -0.3 is 19.9 Å². The highest BCUT2D eigenvalue weighted by Crippen LogP contribution is 2.47. The maximum atomic E-state index is 13.7. The van der Waals surface area contributed by atoms with Crippen LogP contribution >= 0.6 is 11.6 Å². The van der Waals surface area contributed by atoms with Crippen LogP contribution in [0.15, 0.2) is 65.0 Å². The van der Waals surface area contributed by atoms with E-state index in [-0.39, 0.29) is 30.0 Å². The Balaban J connectivity index is 1.79. The highest BCUT2D eigenvalue weighted by atomic mass is 35.5. The lowest BCUT2D eigenvalue weighted by atomic mass is 9.71. The Hall–Kier alpha value is -3.25. The number of esters is 1. The third-order valence-electron chi connectivity index (χ3n) is 6.55. The molecular weight excluding hydrogens is 478 g/mol. The summed E-state index contributed by atoms with van der Waals surface area (Å²) < 4.78 is 11.2. The molecule has 2 atom stereocenters. The van der Waals surface area contributed by atoms with Gasteiger partial charge in [0, 0.05) is 34.3 Å². The van der Waals surface area contributed by atoms with E-state index in [1.807, 2.05) is 52.0 Å². The van der Waals surface area contributed by atoms with Gasteiger partial charge in [0.1, 0.15) is 0 Å². The average Bonchev–Trinajstić information content (AvgIpc) is 2.83. The summed E-state index contributed by atoms with van der Waals surface area (Å²) in [5.41, 5.74) is 4.17. The number of ketones is 1. The molecule has 0 saturated carbocycles. The van der Waals surface area contributed by atoms with Crippen molar-refractivity contribution in [2.45, 2.75) is 52.4 Å². The second-order valence-electron chi connectivity index (χ2n) is 9.72. The molecule has 36 heavy (non-hydrogen) atoms. The molecule has 2 aromatic rings. The number of nitrogens with one attached hydrogen (secondary N) is 1. The second-order valence-corrected chi connectivity index (χ2v) is 10.2. The fourth-order valence-corrected chi connectivity index (χ4v) is 5.04. The van der Waals surface area contributed by atoms with E-state index in [9.17, 15) is 14.7 Å². The van der Waals surface area contributed by atoms with Crippen LogP contribution in [0.2, 0.25) is 5.02 Å². The Morgan fingerprint density at radius 1 is 1.14 bits per heavy atom. The fraction of sp³-hybridized carbons (Fsp3) is 0.379. The molecule has 0 aromatic heterocycles. The first-order chi connectivity index (χ1) is 17.2. The van der Waals surface area contributed by atoms with Crippen LogP contribution < -0.4 is 10.1 Å². The predicted octanol–water partition coefficient (Wildman–Crippen LogP) is 6.01. The summed E-state index contributed by atoms with van der Waals surface area (Å²) in [7, 11) is 0. The molecule has 0 spiro atoms.